The molecule has 14 heavy (non-hydrogen) atoms. The Balaban J connectivity index is 2.24. The lowest BCUT2D eigenvalue weighted by molar-refractivity contribution is -0.112. The van der Waals surface area contributed by atoms with Crippen LogP contribution in [0.2, 0.25) is 0 Å². The van der Waals surface area contributed by atoms with E-state index in [4.69, 9.17) is 0 Å². The zero-order chi connectivity index (χ0) is 10.2. The number of rotatable bonds is 3. The summed E-state index contributed by atoms with van der Waals surface area (Å²) in [6.45, 7) is 0. The molecule has 0 heterocycles. The first-order valence-electron chi connectivity index (χ1n) is 4.55. The molecule has 2 rings (SSSR count). The summed E-state index contributed by atoms with van der Waals surface area (Å²) >= 11 is 3.29. The van der Waals surface area contributed by atoms with Crippen LogP contribution >= 0.6 is 15.9 Å². The lowest BCUT2D eigenvalue weighted by atomic mass is 9.98. The summed E-state index contributed by atoms with van der Waals surface area (Å²) in [6, 6.07) is 4.85. The van der Waals surface area contributed by atoms with Gasteiger partial charge in [0.1, 0.15) is 12.1 Å². The summed E-state index contributed by atoms with van der Waals surface area (Å²) in [5.74, 6) is -0.221. The summed E-state index contributed by atoms with van der Waals surface area (Å²) in [6.07, 6.45) is 3.28. The normalized spacial score (nSPS) is 17.9. The van der Waals surface area contributed by atoms with Crippen molar-refractivity contribution in [1.29, 1.82) is 0 Å². The molecule has 0 N–H and O–H groups in total. The molecular weight excluding hydrogens is 247 g/mol. The van der Waals surface area contributed by atoms with Crippen molar-refractivity contribution >= 4 is 22.2 Å². The van der Waals surface area contributed by atoms with Gasteiger partial charge in [0.05, 0.1) is 0 Å². The van der Waals surface area contributed by atoms with E-state index in [9.17, 15) is 9.18 Å². The first-order valence-corrected chi connectivity index (χ1v) is 5.35. The summed E-state index contributed by atoms with van der Waals surface area (Å²) in [5, 5.41) is 0. The minimum absolute atomic E-state index is 0.221. The van der Waals surface area contributed by atoms with Crippen LogP contribution in [0, 0.1) is 11.2 Å². The average molecular weight is 257 g/mol. The number of hydrogen-bond acceptors (Lipinski definition) is 1. The quantitative estimate of drug-likeness (QED) is 0.760. The second-order valence-corrected chi connectivity index (χ2v) is 4.81. The van der Waals surface area contributed by atoms with Crippen molar-refractivity contribution in [3.05, 3.63) is 34.1 Å². The second-order valence-electron chi connectivity index (χ2n) is 3.89. The Morgan fingerprint density at radius 1 is 1.50 bits per heavy atom. The number of hydrogen-bond donors (Lipinski definition) is 0. The predicted octanol–water partition coefficient (Wildman–Crippen LogP) is 3.11. The van der Waals surface area contributed by atoms with Gasteiger partial charge in [0, 0.05) is 9.89 Å². The molecule has 1 aromatic carbocycles. The van der Waals surface area contributed by atoms with Gasteiger partial charge in [-0.15, -0.1) is 0 Å². The van der Waals surface area contributed by atoms with Crippen LogP contribution in [0.3, 0.4) is 0 Å². The fourth-order valence-corrected chi connectivity index (χ4v) is 1.96. The molecule has 0 radical (unpaired) electrons. The summed E-state index contributed by atoms with van der Waals surface area (Å²) < 4.78 is 14.2. The van der Waals surface area contributed by atoms with Crippen molar-refractivity contribution in [3.8, 4) is 0 Å². The van der Waals surface area contributed by atoms with Gasteiger partial charge in [-0.05, 0) is 43.0 Å². The van der Waals surface area contributed by atoms with E-state index in [0.717, 1.165) is 23.6 Å². The van der Waals surface area contributed by atoms with Gasteiger partial charge in [-0.25, -0.2) is 4.39 Å². The topological polar surface area (TPSA) is 17.1 Å². The van der Waals surface area contributed by atoms with E-state index in [-0.39, 0.29) is 11.2 Å². The maximum Gasteiger partial charge on any atom is 0.126 e. The molecule has 0 aromatic heterocycles. The fraction of sp³-hybridized carbons (Fsp3) is 0.364. The molecular formula is C11H10BrFO. The minimum atomic E-state index is -0.262. The van der Waals surface area contributed by atoms with Crippen LogP contribution in [-0.4, -0.2) is 6.29 Å². The number of carbonyl (C=O) groups is 1. The van der Waals surface area contributed by atoms with Gasteiger partial charge in [-0.3, -0.25) is 0 Å². The van der Waals surface area contributed by atoms with Crippen molar-refractivity contribution in [2.45, 2.75) is 19.3 Å². The van der Waals surface area contributed by atoms with Gasteiger partial charge < -0.3 is 4.79 Å². The lowest BCUT2D eigenvalue weighted by Gasteiger charge is -2.08. The van der Waals surface area contributed by atoms with Crippen LogP contribution in [0.25, 0.3) is 0 Å². The first kappa shape index (κ1) is 9.84. The maximum absolute atomic E-state index is 13.3. The highest BCUT2D eigenvalue weighted by Crippen LogP contribution is 2.46. The van der Waals surface area contributed by atoms with Crippen LogP contribution < -0.4 is 0 Å². The van der Waals surface area contributed by atoms with E-state index in [2.05, 4.69) is 15.9 Å². The Labute approximate surface area is 90.4 Å². The van der Waals surface area contributed by atoms with Gasteiger partial charge in [-0.2, -0.15) is 0 Å². The summed E-state index contributed by atoms with van der Waals surface area (Å²) in [5.41, 5.74) is 0.366. The van der Waals surface area contributed by atoms with E-state index in [1.807, 2.05) is 0 Å². The van der Waals surface area contributed by atoms with Crippen LogP contribution in [-0.2, 0) is 11.2 Å². The zero-order valence-corrected chi connectivity index (χ0v) is 9.18. The number of halogens is 2. The third-order valence-electron chi connectivity index (χ3n) is 2.69. The van der Waals surface area contributed by atoms with Crippen molar-refractivity contribution in [2.24, 2.45) is 5.41 Å². The Hall–Kier alpha value is -0.700. The Morgan fingerprint density at radius 2 is 2.21 bits per heavy atom. The van der Waals surface area contributed by atoms with Gasteiger partial charge in [0.15, 0.2) is 0 Å². The molecule has 0 amide bonds. The van der Waals surface area contributed by atoms with E-state index in [0.29, 0.717) is 12.0 Å². The number of benzene rings is 1. The van der Waals surface area contributed by atoms with E-state index < -0.39 is 0 Å². The highest BCUT2D eigenvalue weighted by atomic mass is 79.9. The monoisotopic (exact) mass is 256 g/mol. The maximum atomic E-state index is 13.3. The first-order chi connectivity index (χ1) is 6.65. The van der Waals surface area contributed by atoms with Crippen LogP contribution in [0.5, 0.6) is 0 Å². The summed E-state index contributed by atoms with van der Waals surface area (Å²) in [4.78, 5) is 10.8. The standard InChI is InChI=1S/C11H10BrFO/c12-9-1-2-10(13)8(5-9)6-11(7-14)3-4-11/h1-2,5,7H,3-4,6H2. The Kier molecular flexibility index (Phi) is 2.43. The van der Waals surface area contributed by atoms with Crippen molar-refractivity contribution in [3.63, 3.8) is 0 Å². The smallest absolute Gasteiger partial charge is 0.126 e. The van der Waals surface area contributed by atoms with Gasteiger partial charge in [-0.1, -0.05) is 15.9 Å². The molecule has 3 heteroatoms. The van der Waals surface area contributed by atoms with Crippen LogP contribution in [0.1, 0.15) is 18.4 Å². The molecule has 1 nitrogen and oxygen atoms in total. The van der Waals surface area contributed by atoms with Gasteiger partial charge >= 0.3 is 0 Å². The molecule has 0 saturated heterocycles. The molecule has 1 aliphatic rings. The Bertz CT molecular complexity index is 372. The molecule has 0 spiro atoms. The molecule has 1 aromatic rings. The van der Waals surface area contributed by atoms with Gasteiger partial charge in [0.2, 0.25) is 0 Å². The molecule has 0 atom stereocenters. The summed E-state index contributed by atoms with van der Waals surface area (Å²) in [7, 11) is 0. The number of carbonyl (C=O) groups excluding carboxylic acids is 1. The van der Waals surface area contributed by atoms with E-state index >= 15 is 0 Å². The lowest BCUT2D eigenvalue weighted by Crippen LogP contribution is -2.07. The zero-order valence-electron chi connectivity index (χ0n) is 7.59. The molecule has 0 unspecified atom stereocenters. The second kappa shape index (κ2) is 3.46. The minimum Gasteiger partial charge on any atom is -0.303 e. The molecule has 0 aliphatic heterocycles. The van der Waals surface area contributed by atoms with E-state index in [1.54, 1.807) is 12.1 Å². The highest BCUT2D eigenvalue weighted by molar-refractivity contribution is 9.10. The fourth-order valence-electron chi connectivity index (χ4n) is 1.55. The van der Waals surface area contributed by atoms with Crippen LogP contribution in [0.15, 0.2) is 22.7 Å². The van der Waals surface area contributed by atoms with Crippen LogP contribution in [0.4, 0.5) is 4.39 Å². The predicted molar refractivity (Wildman–Crippen MR) is 55.5 cm³/mol. The van der Waals surface area contributed by atoms with Crippen molar-refractivity contribution in [1.82, 2.24) is 0 Å². The Morgan fingerprint density at radius 3 is 2.79 bits per heavy atom. The SMILES string of the molecule is O=CC1(Cc2cc(Br)ccc2F)CC1. The molecule has 1 fully saturated rings. The molecule has 0 bridgehead atoms. The largest absolute Gasteiger partial charge is 0.303 e. The third kappa shape index (κ3) is 1.87. The van der Waals surface area contributed by atoms with Gasteiger partial charge in [0.25, 0.3) is 0 Å². The average Bonchev–Trinajstić information content (AvgIpc) is 2.92. The highest BCUT2D eigenvalue weighted by Gasteiger charge is 2.42. The van der Waals surface area contributed by atoms with Crippen molar-refractivity contribution < 1.29 is 9.18 Å². The third-order valence-corrected chi connectivity index (χ3v) is 3.19. The molecule has 1 aliphatic carbocycles. The number of aldehydes is 1. The van der Waals surface area contributed by atoms with E-state index in [1.165, 1.54) is 6.07 Å². The molecule has 1 saturated carbocycles. The molecule has 74 valence electrons. The van der Waals surface area contributed by atoms with Crippen molar-refractivity contribution in [2.75, 3.05) is 0 Å².